The van der Waals surface area contributed by atoms with Gasteiger partial charge in [-0.2, -0.15) is 0 Å². The first-order chi connectivity index (χ1) is 17.0. The number of pyridine rings is 1. The summed E-state index contributed by atoms with van der Waals surface area (Å²) in [6.45, 7) is 1.91. The molecular formula is C25H30FN5O4. The fourth-order valence-electron chi connectivity index (χ4n) is 4.09. The number of piperidine rings is 1. The van der Waals surface area contributed by atoms with Crippen LogP contribution < -0.4 is 15.4 Å². The lowest BCUT2D eigenvalue weighted by Gasteiger charge is -2.29. The number of alkyl halides is 1. The fraction of sp³-hybridized carbons (Fsp3) is 0.400. The molecule has 1 aromatic carbocycles. The Morgan fingerprint density at radius 3 is 2.74 bits per heavy atom. The minimum atomic E-state index is -0.623. The summed E-state index contributed by atoms with van der Waals surface area (Å²) in [5.41, 5.74) is 0.678. The number of aliphatic hydroxyl groups is 1. The Labute approximate surface area is 202 Å². The molecule has 1 aliphatic rings. The molecule has 0 spiro atoms. The highest BCUT2D eigenvalue weighted by atomic mass is 19.1. The van der Waals surface area contributed by atoms with E-state index in [9.17, 15) is 19.1 Å². The van der Waals surface area contributed by atoms with Crippen molar-refractivity contribution in [2.75, 3.05) is 38.2 Å². The number of hydrogen-bond acceptors (Lipinski definition) is 6. The summed E-state index contributed by atoms with van der Waals surface area (Å²) in [5.74, 6) is 1.38. The van der Waals surface area contributed by atoms with Gasteiger partial charge in [0.2, 0.25) is 5.91 Å². The molecule has 0 saturated carbocycles. The third-order valence-electron chi connectivity index (χ3n) is 5.92. The average molecular weight is 484 g/mol. The lowest BCUT2D eigenvalue weighted by atomic mass is 10.1. The summed E-state index contributed by atoms with van der Waals surface area (Å²) in [6.07, 6.45) is 5.69. The van der Waals surface area contributed by atoms with E-state index in [0.29, 0.717) is 29.3 Å². The molecule has 2 aromatic heterocycles. The van der Waals surface area contributed by atoms with E-state index < -0.39 is 12.7 Å². The van der Waals surface area contributed by atoms with Crippen LogP contribution in [0.25, 0.3) is 10.9 Å². The predicted octanol–water partition coefficient (Wildman–Crippen LogP) is 3.53. The number of nitrogens with zero attached hydrogens (tertiary/aromatic N) is 3. The van der Waals surface area contributed by atoms with E-state index in [4.69, 9.17) is 4.74 Å². The number of benzene rings is 1. The highest BCUT2D eigenvalue weighted by molar-refractivity contribution is 5.92. The number of aromatic nitrogens is 2. The van der Waals surface area contributed by atoms with Crippen LogP contribution in [0, 0.1) is 0 Å². The van der Waals surface area contributed by atoms with Gasteiger partial charge in [-0.15, -0.1) is 0 Å². The number of hydrogen-bond donors (Lipinski definition) is 3. The molecule has 0 atom stereocenters. The monoisotopic (exact) mass is 483 g/mol. The number of amides is 2. The topological polar surface area (TPSA) is 109 Å². The highest BCUT2D eigenvalue weighted by Gasteiger charge is 2.17. The zero-order valence-corrected chi connectivity index (χ0v) is 19.5. The van der Waals surface area contributed by atoms with Gasteiger partial charge in [-0.3, -0.25) is 9.36 Å². The van der Waals surface area contributed by atoms with Gasteiger partial charge in [-0.05, 0) is 56.1 Å². The third-order valence-corrected chi connectivity index (χ3v) is 5.92. The second kappa shape index (κ2) is 11.8. The second-order valence-electron chi connectivity index (χ2n) is 8.53. The first-order valence-electron chi connectivity index (χ1n) is 11.8. The van der Waals surface area contributed by atoms with Crippen LogP contribution in [0.2, 0.25) is 0 Å². The van der Waals surface area contributed by atoms with Crippen LogP contribution in [0.5, 0.6) is 11.5 Å². The highest BCUT2D eigenvalue weighted by Crippen LogP contribution is 2.27. The number of fused-ring (bicyclic) bond motifs is 1. The fourth-order valence-corrected chi connectivity index (χ4v) is 4.09. The van der Waals surface area contributed by atoms with E-state index in [-0.39, 0.29) is 18.6 Å². The van der Waals surface area contributed by atoms with Crippen LogP contribution in [0.4, 0.5) is 15.0 Å². The summed E-state index contributed by atoms with van der Waals surface area (Å²) in [5, 5.41) is 15.7. The number of aliphatic hydroxyl groups excluding tert-OH is 1. The van der Waals surface area contributed by atoms with Crippen molar-refractivity contribution in [2.45, 2.75) is 31.8 Å². The molecule has 0 aliphatic carbocycles. The van der Waals surface area contributed by atoms with Gasteiger partial charge >= 0.3 is 6.03 Å². The smallest absolute Gasteiger partial charge is 0.326 e. The Morgan fingerprint density at radius 1 is 1.14 bits per heavy atom. The Bertz CT molecular complexity index is 1160. The molecule has 3 aromatic rings. The number of carbonyl (C=O) groups excluding carboxylic acids is 2. The first kappa shape index (κ1) is 24.6. The van der Waals surface area contributed by atoms with Gasteiger partial charge in [0.25, 0.3) is 0 Å². The van der Waals surface area contributed by atoms with Crippen LogP contribution in [0.15, 0.2) is 48.8 Å². The summed E-state index contributed by atoms with van der Waals surface area (Å²) in [6, 6.07) is 10.0. The molecule has 3 N–H and O–H groups in total. The van der Waals surface area contributed by atoms with Gasteiger partial charge in [-0.25, -0.2) is 14.2 Å². The second-order valence-corrected chi connectivity index (χ2v) is 8.53. The average Bonchev–Trinajstić information content (AvgIpc) is 3.27. The van der Waals surface area contributed by atoms with Crippen molar-refractivity contribution < 1.29 is 23.8 Å². The zero-order valence-electron chi connectivity index (χ0n) is 19.5. The SMILES string of the molecule is O=C(CCCN1CCC(O)CC1)Nc1cc(Oc2ccc3c(ccn3C(=O)NCCF)c2)ccn1. The van der Waals surface area contributed by atoms with Crippen molar-refractivity contribution in [1.29, 1.82) is 0 Å². The lowest BCUT2D eigenvalue weighted by molar-refractivity contribution is -0.116. The van der Waals surface area contributed by atoms with Crippen LogP contribution in [-0.2, 0) is 4.79 Å². The number of anilines is 1. The largest absolute Gasteiger partial charge is 0.457 e. The van der Waals surface area contributed by atoms with Gasteiger partial charge in [-0.1, -0.05) is 0 Å². The van der Waals surface area contributed by atoms with Crippen LogP contribution in [0.3, 0.4) is 0 Å². The molecule has 0 bridgehead atoms. The minimum absolute atomic E-state index is 0.0376. The first-order valence-corrected chi connectivity index (χ1v) is 11.8. The van der Waals surface area contributed by atoms with Gasteiger partial charge in [0.05, 0.1) is 11.6 Å². The lowest BCUT2D eigenvalue weighted by Crippen LogP contribution is -2.36. The van der Waals surface area contributed by atoms with Gasteiger partial charge in [0.1, 0.15) is 24.0 Å². The summed E-state index contributed by atoms with van der Waals surface area (Å²) >= 11 is 0. The molecule has 2 amide bonds. The van der Waals surface area contributed by atoms with Crippen molar-refractivity contribution in [3.05, 3.63) is 48.8 Å². The van der Waals surface area contributed by atoms with E-state index in [1.165, 1.54) is 4.57 Å². The van der Waals surface area contributed by atoms with Crippen molar-refractivity contribution in [3.63, 3.8) is 0 Å². The molecule has 35 heavy (non-hydrogen) atoms. The number of carbonyl (C=O) groups is 2. The van der Waals surface area contributed by atoms with Crippen LogP contribution >= 0.6 is 0 Å². The van der Waals surface area contributed by atoms with E-state index in [1.807, 2.05) is 0 Å². The molecule has 1 aliphatic heterocycles. The maximum absolute atomic E-state index is 12.3. The molecule has 3 heterocycles. The Hall–Kier alpha value is -3.50. The van der Waals surface area contributed by atoms with Crippen molar-refractivity contribution >= 4 is 28.7 Å². The molecule has 4 rings (SSSR count). The van der Waals surface area contributed by atoms with Crippen molar-refractivity contribution in [3.8, 4) is 11.5 Å². The van der Waals surface area contributed by atoms with E-state index in [1.54, 1.807) is 48.8 Å². The Morgan fingerprint density at radius 2 is 1.94 bits per heavy atom. The molecule has 9 nitrogen and oxygen atoms in total. The third kappa shape index (κ3) is 6.77. The maximum Gasteiger partial charge on any atom is 0.326 e. The number of ether oxygens (including phenoxy) is 1. The molecule has 10 heteroatoms. The van der Waals surface area contributed by atoms with Gasteiger partial charge in [0, 0.05) is 49.9 Å². The summed E-state index contributed by atoms with van der Waals surface area (Å²) in [4.78, 5) is 31.0. The predicted molar refractivity (Wildman–Crippen MR) is 131 cm³/mol. The maximum atomic E-state index is 12.3. The zero-order chi connectivity index (χ0) is 24.6. The Kier molecular flexibility index (Phi) is 8.27. The van der Waals surface area contributed by atoms with Crippen molar-refractivity contribution in [2.24, 2.45) is 0 Å². The number of nitrogens with one attached hydrogen (secondary N) is 2. The molecule has 186 valence electrons. The molecular weight excluding hydrogens is 453 g/mol. The standard InChI is InChI=1S/C25H30FN5O4/c26-9-11-28-25(34)31-15-6-18-16-20(3-4-22(18)31)35-21-5-10-27-23(17-21)29-24(33)2-1-12-30-13-7-19(32)8-14-30/h3-6,10,15-17,19,32H,1-2,7-9,11-14H2,(H,28,34)(H,27,29,33). The number of rotatable bonds is 9. The van der Waals surface area contributed by atoms with Crippen LogP contribution in [0.1, 0.15) is 25.7 Å². The number of likely N-dealkylation sites (tertiary alicyclic amines) is 1. The number of halogens is 1. The Balaban J connectivity index is 1.30. The van der Waals surface area contributed by atoms with E-state index in [2.05, 4.69) is 20.5 Å². The molecule has 1 fully saturated rings. The van der Waals surface area contributed by atoms with Gasteiger partial charge < -0.3 is 25.4 Å². The van der Waals surface area contributed by atoms with Gasteiger partial charge in [0.15, 0.2) is 0 Å². The van der Waals surface area contributed by atoms with Crippen molar-refractivity contribution in [1.82, 2.24) is 19.8 Å². The summed E-state index contributed by atoms with van der Waals surface area (Å²) in [7, 11) is 0. The van der Waals surface area contributed by atoms with E-state index in [0.717, 1.165) is 44.3 Å². The normalized spacial score (nSPS) is 14.7. The molecule has 0 radical (unpaired) electrons. The minimum Gasteiger partial charge on any atom is -0.457 e. The molecule has 1 saturated heterocycles. The quantitative estimate of drug-likeness (QED) is 0.430. The van der Waals surface area contributed by atoms with E-state index >= 15 is 0 Å². The van der Waals surface area contributed by atoms with Crippen LogP contribution in [-0.4, -0.2) is 70.5 Å². The summed E-state index contributed by atoms with van der Waals surface area (Å²) < 4.78 is 19.7. The molecule has 0 unspecified atom stereocenters.